The fourth-order valence-corrected chi connectivity index (χ4v) is 2.29. The van der Waals surface area contributed by atoms with Gasteiger partial charge < -0.3 is 8.83 Å². The van der Waals surface area contributed by atoms with Crippen LogP contribution in [0.4, 0.5) is 0 Å². The van der Waals surface area contributed by atoms with E-state index in [0.717, 1.165) is 41.5 Å². The molecule has 3 heteroatoms. The second-order valence-electron chi connectivity index (χ2n) is 4.64. The Balaban J connectivity index is 1.87. The summed E-state index contributed by atoms with van der Waals surface area (Å²) < 4.78 is 10.0. The van der Waals surface area contributed by atoms with Crippen molar-refractivity contribution in [2.24, 2.45) is 0 Å². The minimum Gasteiger partial charge on any atom is -0.472 e. The molecule has 1 saturated carbocycles. The van der Waals surface area contributed by atoms with Crippen molar-refractivity contribution in [3.8, 4) is 0 Å². The third-order valence-corrected chi connectivity index (χ3v) is 3.24. The van der Waals surface area contributed by atoms with E-state index in [0.29, 0.717) is 0 Å². The van der Waals surface area contributed by atoms with Gasteiger partial charge in [0.2, 0.25) is 0 Å². The smallest absolute Gasteiger partial charge is 0.185 e. The molecule has 0 aliphatic heterocycles. The second kappa shape index (κ2) is 5.14. The van der Waals surface area contributed by atoms with E-state index in [9.17, 15) is 4.79 Å². The molecular weight excluding hydrogens is 240 g/mol. The topological polar surface area (TPSA) is 43.4 Å². The molecule has 1 aliphatic rings. The maximum Gasteiger partial charge on any atom is 0.185 e. The number of carbonyl (C=O) groups excluding carboxylic acids is 1. The van der Waals surface area contributed by atoms with Crippen LogP contribution < -0.4 is 0 Å². The molecule has 3 rings (SSSR count). The molecular formula is C16H14O3. The van der Waals surface area contributed by atoms with Gasteiger partial charge in [0.1, 0.15) is 0 Å². The van der Waals surface area contributed by atoms with Crippen LogP contribution in [-0.2, 0) is 4.79 Å². The molecule has 0 unspecified atom stereocenters. The first-order chi connectivity index (χ1) is 9.33. The van der Waals surface area contributed by atoms with Crippen molar-refractivity contribution in [3.05, 3.63) is 59.5 Å². The van der Waals surface area contributed by atoms with Crippen molar-refractivity contribution < 1.29 is 13.6 Å². The van der Waals surface area contributed by atoms with Crippen LogP contribution >= 0.6 is 0 Å². The highest BCUT2D eigenvalue weighted by Gasteiger charge is 2.20. The van der Waals surface area contributed by atoms with Crippen molar-refractivity contribution in [2.75, 3.05) is 0 Å². The molecule has 0 spiro atoms. The first-order valence-corrected chi connectivity index (χ1v) is 6.33. The number of hydrogen-bond donors (Lipinski definition) is 0. The lowest BCUT2D eigenvalue weighted by atomic mass is 9.87. The summed E-state index contributed by atoms with van der Waals surface area (Å²) in [4.78, 5) is 12.4. The highest BCUT2D eigenvalue weighted by atomic mass is 16.3. The number of furan rings is 2. The zero-order valence-corrected chi connectivity index (χ0v) is 10.5. The molecule has 0 bridgehead atoms. The fraction of sp³-hybridized carbons (Fsp3) is 0.188. The van der Waals surface area contributed by atoms with Gasteiger partial charge in [-0.1, -0.05) is 0 Å². The van der Waals surface area contributed by atoms with Crippen molar-refractivity contribution in [2.45, 2.75) is 19.3 Å². The maximum absolute atomic E-state index is 12.4. The van der Waals surface area contributed by atoms with Gasteiger partial charge in [0.15, 0.2) is 5.78 Å². The van der Waals surface area contributed by atoms with E-state index in [1.165, 1.54) is 0 Å². The summed E-state index contributed by atoms with van der Waals surface area (Å²) in [5, 5.41) is 0. The first kappa shape index (κ1) is 11.8. The monoisotopic (exact) mass is 254 g/mol. The van der Waals surface area contributed by atoms with Gasteiger partial charge in [-0.2, -0.15) is 0 Å². The Hall–Kier alpha value is -2.29. The highest BCUT2D eigenvalue weighted by molar-refractivity contribution is 6.13. The van der Waals surface area contributed by atoms with Gasteiger partial charge in [-0.05, 0) is 43.5 Å². The van der Waals surface area contributed by atoms with E-state index in [-0.39, 0.29) is 5.78 Å². The SMILES string of the molecule is O=C1/C(=C\c2ccoc2)CCC/C1=C\c1ccoc1. The average Bonchev–Trinajstić information content (AvgIpc) is 3.07. The van der Waals surface area contributed by atoms with Gasteiger partial charge >= 0.3 is 0 Å². The number of Topliss-reactive ketones (excluding diaryl/α,β-unsaturated/α-hetero) is 1. The number of ketones is 1. The van der Waals surface area contributed by atoms with Crippen molar-refractivity contribution in [3.63, 3.8) is 0 Å². The van der Waals surface area contributed by atoms with Gasteiger partial charge in [0.25, 0.3) is 0 Å². The van der Waals surface area contributed by atoms with Crippen molar-refractivity contribution in [1.82, 2.24) is 0 Å². The molecule has 0 N–H and O–H groups in total. The van der Waals surface area contributed by atoms with E-state index in [1.807, 2.05) is 24.3 Å². The lowest BCUT2D eigenvalue weighted by molar-refractivity contribution is -0.112. The van der Waals surface area contributed by atoms with E-state index in [1.54, 1.807) is 25.1 Å². The molecule has 96 valence electrons. The van der Waals surface area contributed by atoms with Crippen molar-refractivity contribution >= 4 is 17.9 Å². The summed E-state index contributed by atoms with van der Waals surface area (Å²) >= 11 is 0. The Labute approximate surface area is 111 Å². The average molecular weight is 254 g/mol. The van der Waals surface area contributed by atoms with Crippen LogP contribution in [0.15, 0.2) is 57.2 Å². The summed E-state index contributed by atoms with van der Waals surface area (Å²) in [6.07, 6.45) is 13.0. The maximum atomic E-state index is 12.4. The normalized spacial score (nSPS) is 20.3. The third kappa shape index (κ3) is 2.60. The molecule has 0 aromatic carbocycles. The Morgan fingerprint density at radius 2 is 1.42 bits per heavy atom. The molecule has 0 saturated heterocycles. The minimum absolute atomic E-state index is 0.133. The quantitative estimate of drug-likeness (QED) is 0.758. The first-order valence-electron chi connectivity index (χ1n) is 6.33. The van der Waals surface area contributed by atoms with Crippen LogP contribution in [-0.4, -0.2) is 5.78 Å². The van der Waals surface area contributed by atoms with Crippen LogP contribution in [0.2, 0.25) is 0 Å². The largest absolute Gasteiger partial charge is 0.472 e. The molecule has 0 atom stereocenters. The number of hydrogen-bond acceptors (Lipinski definition) is 3. The lowest BCUT2D eigenvalue weighted by Gasteiger charge is -2.15. The molecule has 2 heterocycles. The van der Waals surface area contributed by atoms with Crippen LogP contribution in [0.25, 0.3) is 12.2 Å². The second-order valence-corrected chi connectivity index (χ2v) is 4.64. The predicted octanol–water partition coefficient (Wildman–Crippen LogP) is 4.09. The van der Waals surface area contributed by atoms with Gasteiger partial charge in [-0.15, -0.1) is 0 Å². The van der Waals surface area contributed by atoms with E-state index < -0.39 is 0 Å². The minimum atomic E-state index is 0.133. The highest BCUT2D eigenvalue weighted by Crippen LogP contribution is 2.28. The fourth-order valence-electron chi connectivity index (χ4n) is 2.29. The molecule has 2 aromatic heterocycles. The summed E-state index contributed by atoms with van der Waals surface area (Å²) in [5.41, 5.74) is 3.57. The van der Waals surface area contributed by atoms with Crippen LogP contribution in [0.5, 0.6) is 0 Å². The number of carbonyl (C=O) groups is 1. The molecule has 0 radical (unpaired) electrons. The van der Waals surface area contributed by atoms with Gasteiger partial charge in [0.05, 0.1) is 25.1 Å². The third-order valence-electron chi connectivity index (χ3n) is 3.24. The summed E-state index contributed by atoms with van der Waals surface area (Å²) in [5.74, 6) is 0.133. The van der Waals surface area contributed by atoms with Crippen LogP contribution in [0.3, 0.4) is 0 Å². The van der Waals surface area contributed by atoms with Crippen molar-refractivity contribution in [1.29, 1.82) is 0 Å². The lowest BCUT2D eigenvalue weighted by Crippen LogP contribution is -2.12. The molecule has 1 aliphatic carbocycles. The summed E-state index contributed by atoms with van der Waals surface area (Å²) in [7, 11) is 0. The van der Waals surface area contributed by atoms with E-state index >= 15 is 0 Å². The number of rotatable bonds is 2. The Morgan fingerprint density at radius 1 is 0.895 bits per heavy atom. The van der Waals surface area contributed by atoms with Crippen LogP contribution in [0, 0.1) is 0 Å². The number of allylic oxidation sites excluding steroid dienone is 2. The zero-order valence-electron chi connectivity index (χ0n) is 10.5. The summed E-state index contributed by atoms with van der Waals surface area (Å²) in [6, 6.07) is 3.71. The summed E-state index contributed by atoms with van der Waals surface area (Å²) in [6.45, 7) is 0. The van der Waals surface area contributed by atoms with E-state index in [2.05, 4.69) is 0 Å². The van der Waals surface area contributed by atoms with E-state index in [4.69, 9.17) is 8.83 Å². The van der Waals surface area contributed by atoms with Crippen LogP contribution in [0.1, 0.15) is 30.4 Å². The predicted molar refractivity (Wildman–Crippen MR) is 72.2 cm³/mol. The molecule has 19 heavy (non-hydrogen) atoms. The molecule has 2 aromatic rings. The Bertz CT molecular complexity index is 559. The van der Waals surface area contributed by atoms with Gasteiger partial charge in [-0.3, -0.25) is 4.79 Å². The standard InChI is InChI=1S/C16H14O3/c17-16-14(8-12-4-6-18-10-12)2-1-3-15(16)9-13-5-7-19-11-13/h4-11H,1-3H2/b14-8-,15-9+. The molecule has 1 fully saturated rings. The molecule has 0 amide bonds. The van der Waals surface area contributed by atoms with Gasteiger partial charge in [0, 0.05) is 22.3 Å². The Kier molecular flexibility index (Phi) is 3.19. The molecule has 3 nitrogen and oxygen atoms in total. The zero-order chi connectivity index (χ0) is 13.1. The Morgan fingerprint density at radius 3 is 1.84 bits per heavy atom. The van der Waals surface area contributed by atoms with Gasteiger partial charge in [-0.25, -0.2) is 0 Å².